The van der Waals surface area contributed by atoms with Gasteiger partial charge in [-0.15, -0.1) is 0 Å². The molecule has 0 radical (unpaired) electrons. The molecule has 9 heteroatoms. The van der Waals surface area contributed by atoms with Gasteiger partial charge in [0.15, 0.2) is 11.6 Å². The average Bonchev–Trinajstić information content (AvgIpc) is 3.49. The molecular weight excluding hydrogens is 484 g/mol. The zero-order valence-electron chi connectivity index (χ0n) is 23.1. The molecule has 2 N–H and O–H groups in total. The number of ether oxygens (including phenoxy) is 2. The van der Waals surface area contributed by atoms with Crippen molar-refractivity contribution in [1.29, 1.82) is 0 Å². The van der Waals surface area contributed by atoms with Crippen LogP contribution in [0.1, 0.15) is 84.2 Å². The van der Waals surface area contributed by atoms with Crippen LogP contribution in [0.5, 0.6) is 5.75 Å². The summed E-state index contributed by atoms with van der Waals surface area (Å²) in [6, 6.07) is -0.628. The van der Waals surface area contributed by atoms with E-state index in [4.69, 9.17) is 15.2 Å². The Morgan fingerprint density at radius 3 is 2.63 bits per heavy atom. The number of aromatic nitrogens is 2. The molecule has 3 heterocycles. The van der Waals surface area contributed by atoms with E-state index < -0.39 is 23.5 Å². The predicted molar refractivity (Wildman–Crippen MR) is 143 cm³/mol. The van der Waals surface area contributed by atoms with Crippen molar-refractivity contribution in [3.8, 4) is 5.75 Å². The number of rotatable bonds is 3. The van der Waals surface area contributed by atoms with Crippen LogP contribution in [-0.4, -0.2) is 57.8 Å². The van der Waals surface area contributed by atoms with Crippen LogP contribution in [0.15, 0.2) is 12.4 Å². The lowest BCUT2D eigenvalue weighted by atomic mass is 9.77. The lowest BCUT2D eigenvalue weighted by Gasteiger charge is -2.34. The number of nitrogens with two attached hydrogens (primary N) is 1. The molecule has 2 bridgehead atoms. The summed E-state index contributed by atoms with van der Waals surface area (Å²) in [5.41, 5.74) is 5.89. The molecule has 0 unspecified atom stereocenters. The van der Waals surface area contributed by atoms with Gasteiger partial charge in [0.05, 0.1) is 36.8 Å². The van der Waals surface area contributed by atoms with E-state index in [2.05, 4.69) is 9.97 Å². The summed E-state index contributed by atoms with van der Waals surface area (Å²) in [4.78, 5) is 49.8. The molecule has 1 aliphatic carbocycles. The number of nitrogens with zero attached hydrogens (tertiary/aromatic N) is 3. The van der Waals surface area contributed by atoms with Crippen LogP contribution in [0.3, 0.4) is 0 Å². The Hall–Kier alpha value is -2.97. The van der Waals surface area contributed by atoms with Crippen LogP contribution in [0.4, 0.5) is 0 Å². The van der Waals surface area contributed by atoms with Crippen LogP contribution >= 0.6 is 0 Å². The third kappa shape index (κ3) is 6.35. The van der Waals surface area contributed by atoms with Gasteiger partial charge in [-0.25, -0.2) is 9.97 Å². The number of aryl methyl sites for hydroxylation is 1. The second kappa shape index (κ2) is 11.8. The first-order chi connectivity index (χ1) is 18.2. The summed E-state index contributed by atoms with van der Waals surface area (Å²) in [5.74, 6) is 0.173. The number of hydrogen-bond acceptors (Lipinski definition) is 8. The minimum absolute atomic E-state index is 0.00402. The van der Waals surface area contributed by atoms with E-state index in [1.807, 2.05) is 27.7 Å². The standard InChI is InChI=1S/C29H42N4O5/c1-5-19-22(17-34)33-16-25(19)37-24-15-31-26(11-12-30)32-21(24)10-8-6-7-9-18-13-23(18)38-27(35)14-20(28(33)36)29(2,3)4/h11-12,15,17-20,22-23,25H,5-10,13-14,16,30H2,1-4H3/t18-,19+,20-,22-,23-,25+/m1/s1. The SMILES string of the molecule is CC[C@@H]1[C@@H]2CN(C(=O)[C@H](C(C)(C)C)CC(=O)O[C@@H]3C[C@H]3CCCCCc3nc(C=CN)ncc3O2)[C@@H]1C=O. The van der Waals surface area contributed by atoms with Crippen molar-refractivity contribution < 1.29 is 23.9 Å². The lowest BCUT2D eigenvalue weighted by Crippen LogP contribution is -2.46. The molecule has 1 saturated heterocycles. The van der Waals surface area contributed by atoms with E-state index >= 15 is 0 Å². The van der Waals surface area contributed by atoms with Gasteiger partial charge in [0, 0.05) is 5.92 Å². The molecule has 9 nitrogen and oxygen atoms in total. The quantitative estimate of drug-likeness (QED) is 0.467. The molecule has 1 aromatic heterocycles. The highest BCUT2D eigenvalue weighted by Crippen LogP contribution is 2.41. The van der Waals surface area contributed by atoms with Gasteiger partial charge < -0.3 is 24.9 Å². The summed E-state index contributed by atoms with van der Waals surface area (Å²) in [5, 5.41) is 0. The van der Waals surface area contributed by atoms with E-state index in [0.29, 0.717) is 23.9 Å². The van der Waals surface area contributed by atoms with E-state index in [1.54, 1.807) is 17.2 Å². The summed E-state index contributed by atoms with van der Waals surface area (Å²) >= 11 is 0. The van der Waals surface area contributed by atoms with E-state index in [1.165, 1.54) is 6.20 Å². The van der Waals surface area contributed by atoms with Gasteiger partial charge in [0.2, 0.25) is 5.91 Å². The fourth-order valence-electron chi connectivity index (χ4n) is 5.86. The summed E-state index contributed by atoms with van der Waals surface area (Å²) in [6.07, 6.45) is 11.5. The van der Waals surface area contributed by atoms with Crippen LogP contribution in [0.25, 0.3) is 6.08 Å². The van der Waals surface area contributed by atoms with Gasteiger partial charge in [-0.2, -0.15) is 0 Å². The molecule has 3 aliphatic rings. The fourth-order valence-corrected chi connectivity index (χ4v) is 5.86. The lowest BCUT2D eigenvalue weighted by molar-refractivity contribution is -0.153. The number of carbonyl (C=O) groups excluding carboxylic acids is 3. The third-order valence-corrected chi connectivity index (χ3v) is 8.26. The minimum Gasteiger partial charge on any atom is -0.485 e. The van der Waals surface area contributed by atoms with Gasteiger partial charge in [0.25, 0.3) is 0 Å². The molecule has 38 heavy (non-hydrogen) atoms. The monoisotopic (exact) mass is 526 g/mol. The molecule has 4 rings (SSSR count). The Balaban J connectivity index is 1.67. The van der Waals surface area contributed by atoms with Crippen LogP contribution in [-0.2, 0) is 25.5 Å². The highest BCUT2D eigenvalue weighted by Gasteiger charge is 2.49. The number of hydrogen-bond donors (Lipinski definition) is 1. The molecule has 1 aromatic rings. The van der Waals surface area contributed by atoms with E-state index in [-0.39, 0.29) is 36.9 Å². The Morgan fingerprint density at radius 2 is 1.95 bits per heavy atom. The molecule has 1 saturated carbocycles. The molecule has 2 aliphatic heterocycles. The molecule has 0 aromatic carbocycles. The zero-order valence-corrected chi connectivity index (χ0v) is 23.1. The van der Waals surface area contributed by atoms with Crippen molar-refractivity contribution >= 4 is 24.2 Å². The highest BCUT2D eigenvalue weighted by atomic mass is 16.5. The molecule has 0 spiro atoms. The van der Waals surface area contributed by atoms with Gasteiger partial charge in [-0.3, -0.25) is 9.59 Å². The van der Waals surface area contributed by atoms with Gasteiger partial charge in [-0.1, -0.05) is 40.5 Å². The third-order valence-electron chi connectivity index (χ3n) is 8.26. The van der Waals surface area contributed by atoms with Crippen LogP contribution in [0, 0.1) is 23.2 Å². The number of esters is 1. The molecule has 208 valence electrons. The number of aldehydes is 1. The normalized spacial score (nSPS) is 31.0. The van der Waals surface area contributed by atoms with Crippen molar-refractivity contribution in [2.75, 3.05) is 6.54 Å². The Bertz CT molecular complexity index is 1050. The van der Waals surface area contributed by atoms with Crippen molar-refractivity contribution in [3.63, 3.8) is 0 Å². The maximum Gasteiger partial charge on any atom is 0.306 e. The van der Waals surface area contributed by atoms with Gasteiger partial charge in [0.1, 0.15) is 18.5 Å². The average molecular weight is 527 g/mol. The van der Waals surface area contributed by atoms with Crippen molar-refractivity contribution in [2.24, 2.45) is 28.9 Å². The Morgan fingerprint density at radius 1 is 1.16 bits per heavy atom. The molecule has 2 fully saturated rings. The van der Waals surface area contributed by atoms with E-state index in [9.17, 15) is 14.4 Å². The number of fused-ring (bicyclic) bond motifs is 4. The zero-order chi connectivity index (χ0) is 27.4. The van der Waals surface area contributed by atoms with Crippen molar-refractivity contribution in [2.45, 2.75) is 97.3 Å². The minimum atomic E-state index is -0.628. The first kappa shape index (κ1) is 28.0. The first-order valence-corrected chi connectivity index (χ1v) is 14.0. The summed E-state index contributed by atoms with van der Waals surface area (Å²) in [6.45, 7) is 8.11. The van der Waals surface area contributed by atoms with Gasteiger partial charge in [-0.05, 0) is 55.7 Å². The second-order valence-electron chi connectivity index (χ2n) is 12.0. The summed E-state index contributed by atoms with van der Waals surface area (Å²) < 4.78 is 12.3. The molecular formula is C29H42N4O5. The van der Waals surface area contributed by atoms with Gasteiger partial charge >= 0.3 is 5.97 Å². The Labute approximate surface area is 225 Å². The smallest absolute Gasteiger partial charge is 0.306 e. The van der Waals surface area contributed by atoms with Crippen molar-refractivity contribution in [3.05, 3.63) is 23.9 Å². The number of amides is 1. The maximum absolute atomic E-state index is 13.9. The van der Waals surface area contributed by atoms with E-state index in [0.717, 1.165) is 50.5 Å². The molecule has 1 amide bonds. The first-order valence-electron chi connectivity index (χ1n) is 14.0. The molecule has 6 atom stereocenters. The van der Waals surface area contributed by atoms with Crippen LogP contribution in [0.2, 0.25) is 0 Å². The topological polar surface area (TPSA) is 125 Å². The predicted octanol–water partition coefficient (Wildman–Crippen LogP) is 3.69. The fraction of sp³-hybridized carbons (Fsp3) is 0.690. The van der Waals surface area contributed by atoms with Crippen LogP contribution < -0.4 is 10.5 Å². The summed E-state index contributed by atoms with van der Waals surface area (Å²) in [7, 11) is 0. The highest BCUT2D eigenvalue weighted by molar-refractivity contribution is 5.87. The number of carbonyl (C=O) groups is 3. The van der Waals surface area contributed by atoms with Crippen molar-refractivity contribution in [1.82, 2.24) is 14.9 Å². The Kier molecular flexibility index (Phi) is 8.73. The maximum atomic E-state index is 13.9. The largest absolute Gasteiger partial charge is 0.485 e. The second-order valence-corrected chi connectivity index (χ2v) is 12.0.